The van der Waals surface area contributed by atoms with Crippen LogP contribution < -0.4 is 0 Å². The molecule has 1 aromatic heterocycles. The topological polar surface area (TPSA) is 26.0 Å². The van der Waals surface area contributed by atoms with E-state index < -0.39 is 18.0 Å². The van der Waals surface area contributed by atoms with Crippen LogP contribution in [-0.2, 0) is 5.88 Å². The number of hydrogen-bond acceptors (Lipinski definition) is 2. The van der Waals surface area contributed by atoms with Crippen LogP contribution in [0.2, 0.25) is 0 Å². The molecule has 2 atom stereocenters. The molecule has 0 saturated heterocycles. The van der Waals surface area contributed by atoms with E-state index in [1.54, 1.807) is 0 Å². The first-order valence-corrected chi connectivity index (χ1v) is 7.66. The second-order valence-electron chi connectivity index (χ2n) is 5.86. The number of aromatic nitrogens is 1. The van der Waals surface area contributed by atoms with Crippen LogP contribution in [0.25, 0.3) is 0 Å². The molecule has 0 aromatic carbocycles. The standard InChI is InChI=1S/C14H17ClF3NO/c15-7-10-12(19-20-13(10)8-5-6-8)9-3-1-2-4-11(9)14(16,17)18/h8-9,11H,1-7H2/t9-,11-/m1/s1. The van der Waals surface area contributed by atoms with E-state index in [1.807, 2.05) is 0 Å². The quantitative estimate of drug-likeness (QED) is 0.724. The molecule has 20 heavy (non-hydrogen) atoms. The van der Waals surface area contributed by atoms with E-state index in [9.17, 15) is 13.2 Å². The molecule has 0 bridgehead atoms. The highest BCUT2D eigenvalue weighted by Crippen LogP contribution is 2.49. The lowest BCUT2D eigenvalue weighted by molar-refractivity contribution is -0.187. The summed E-state index contributed by atoms with van der Waals surface area (Å²) in [4.78, 5) is 0. The van der Waals surface area contributed by atoms with E-state index in [0.717, 1.165) is 30.6 Å². The van der Waals surface area contributed by atoms with Gasteiger partial charge in [0.1, 0.15) is 5.76 Å². The van der Waals surface area contributed by atoms with Crippen molar-refractivity contribution in [1.82, 2.24) is 5.16 Å². The van der Waals surface area contributed by atoms with Gasteiger partial charge in [0.05, 0.1) is 17.5 Å². The number of hydrogen-bond donors (Lipinski definition) is 0. The minimum Gasteiger partial charge on any atom is -0.360 e. The molecule has 0 unspecified atom stereocenters. The monoisotopic (exact) mass is 307 g/mol. The minimum atomic E-state index is -4.17. The van der Waals surface area contributed by atoms with Crippen LogP contribution in [0.5, 0.6) is 0 Å². The average Bonchev–Trinajstić information content (AvgIpc) is 3.17. The van der Waals surface area contributed by atoms with Crippen LogP contribution in [0, 0.1) is 5.92 Å². The maximum absolute atomic E-state index is 13.2. The Hall–Kier alpha value is -0.710. The van der Waals surface area contributed by atoms with E-state index in [2.05, 4.69) is 5.16 Å². The van der Waals surface area contributed by atoms with Gasteiger partial charge in [0, 0.05) is 17.4 Å². The summed E-state index contributed by atoms with van der Waals surface area (Å²) in [7, 11) is 0. The Morgan fingerprint density at radius 1 is 1.15 bits per heavy atom. The fraction of sp³-hybridized carbons (Fsp3) is 0.786. The second-order valence-corrected chi connectivity index (χ2v) is 6.12. The maximum Gasteiger partial charge on any atom is 0.392 e. The zero-order valence-corrected chi connectivity index (χ0v) is 11.8. The van der Waals surface area contributed by atoms with Gasteiger partial charge in [-0.2, -0.15) is 13.2 Å². The van der Waals surface area contributed by atoms with Crippen LogP contribution >= 0.6 is 11.6 Å². The van der Waals surface area contributed by atoms with Gasteiger partial charge in [-0.05, 0) is 25.7 Å². The maximum atomic E-state index is 13.2. The SMILES string of the molecule is FC(F)(F)[C@@H]1CCCC[C@H]1c1noc(C2CC2)c1CCl. The fourth-order valence-electron chi connectivity index (χ4n) is 3.28. The Morgan fingerprint density at radius 3 is 2.45 bits per heavy atom. The first-order chi connectivity index (χ1) is 9.52. The molecule has 1 aromatic rings. The molecule has 0 spiro atoms. The number of nitrogens with zero attached hydrogens (tertiary/aromatic N) is 1. The van der Waals surface area contributed by atoms with Gasteiger partial charge in [0.2, 0.25) is 0 Å². The van der Waals surface area contributed by atoms with Crippen molar-refractivity contribution >= 4 is 11.6 Å². The minimum absolute atomic E-state index is 0.182. The smallest absolute Gasteiger partial charge is 0.360 e. The Labute approximate surface area is 120 Å². The molecule has 0 amide bonds. The first kappa shape index (κ1) is 14.2. The number of rotatable bonds is 3. The predicted molar refractivity (Wildman–Crippen MR) is 68.8 cm³/mol. The molecule has 6 heteroatoms. The summed E-state index contributed by atoms with van der Waals surface area (Å²) in [5.41, 5.74) is 1.18. The molecule has 2 fully saturated rings. The molecule has 0 radical (unpaired) electrons. The summed E-state index contributed by atoms with van der Waals surface area (Å²) in [5, 5.41) is 3.98. The Bertz CT molecular complexity index is 481. The largest absolute Gasteiger partial charge is 0.392 e. The van der Waals surface area contributed by atoms with Crippen molar-refractivity contribution in [3.63, 3.8) is 0 Å². The molecule has 2 nitrogen and oxygen atoms in total. The van der Waals surface area contributed by atoms with Gasteiger partial charge in [-0.1, -0.05) is 18.0 Å². The van der Waals surface area contributed by atoms with Crippen molar-refractivity contribution < 1.29 is 17.7 Å². The summed E-state index contributed by atoms with van der Waals surface area (Å²) in [6, 6.07) is 0. The van der Waals surface area contributed by atoms with Gasteiger partial charge in [-0.25, -0.2) is 0 Å². The summed E-state index contributed by atoms with van der Waals surface area (Å²) in [6.45, 7) is 0. The van der Waals surface area contributed by atoms with Gasteiger partial charge in [-0.15, -0.1) is 11.6 Å². The van der Waals surface area contributed by atoms with Crippen molar-refractivity contribution in [1.29, 1.82) is 0 Å². The normalized spacial score (nSPS) is 27.8. The molecule has 3 rings (SSSR count). The van der Waals surface area contributed by atoms with Crippen LogP contribution in [0.15, 0.2) is 4.52 Å². The van der Waals surface area contributed by atoms with E-state index >= 15 is 0 Å². The van der Waals surface area contributed by atoms with Gasteiger partial charge < -0.3 is 4.52 Å². The third kappa shape index (κ3) is 2.57. The molecule has 2 aliphatic rings. The Morgan fingerprint density at radius 2 is 1.85 bits per heavy atom. The summed E-state index contributed by atoms with van der Waals surface area (Å²) < 4.78 is 44.9. The highest BCUT2D eigenvalue weighted by Gasteiger charge is 2.48. The fourth-order valence-corrected chi connectivity index (χ4v) is 3.55. The van der Waals surface area contributed by atoms with Crippen molar-refractivity contribution in [2.24, 2.45) is 5.92 Å². The summed E-state index contributed by atoms with van der Waals surface area (Å²) in [6.07, 6.45) is 0.00612. The van der Waals surface area contributed by atoms with Gasteiger partial charge in [-0.3, -0.25) is 0 Å². The van der Waals surface area contributed by atoms with Crippen LogP contribution in [-0.4, -0.2) is 11.3 Å². The third-order valence-electron chi connectivity index (χ3n) is 4.47. The molecule has 0 aliphatic heterocycles. The highest BCUT2D eigenvalue weighted by molar-refractivity contribution is 6.17. The molecular weight excluding hydrogens is 291 g/mol. The van der Waals surface area contributed by atoms with E-state index in [0.29, 0.717) is 24.5 Å². The van der Waals surface area contributed by atoms with Crippen LogP contribution in [0.3, 0.4) is 0 Å². The highest BCUT2D eigenvalue weighted by atomic mass is 35.5. The van der Waals surface area contributed by atoms with Crippen molar-refractivity contribution in [2.75, 3.05) is 0 Å². The van der Waals surface area contributed by atoms with Crippen molar-refractivity contribution in [2.45, 2.75) is 62.4 Å². The predicted octanol–water partition coefficient (Wildman–Crippen LogP) is 5.13. The zero-order chi connectivity index (χ0) is 14.3. The van der Waals surface area contributed by atoms with Crippen molar-refractivity contribution in [3.8, 4) is 0 Å². The molecule has 0 N–H and O–H groups in total. The molecular formula is C14H17ClF3NO. The van der Waals surface area contributed by atoms with Crippen molar-refractivity contribution in [3.05, 3.63) is 17.0 Å². The molecule has 1 heterocycles. The van der Waals surface area contributed by atoms with Gasteiger partial charge >= 0.3 is 6.18 Å². The lowest BCUT2D eigenvalue weighted by atomic mass is 9.76. The number of halogens is 4. The Kier molecular flexibility index (Phi) is 3.73. The Balaban J connectivity index is 1.93. The lowest BCUT2D eigenvalue weighted by Crippen LogP contribution is -2.32. The van der Waals surface area contributed by atoms with E-state index in [1.165, 1.54) is 0 Å². The summed E-state index contributed by atoms with van der Waals surface area (Å²) >= 11 is 5.95. The second kappa shape index (κ2) is 5.24. The van der Waals surface area contributed by atoms with E-state index in [4.69, 9.17) is 16.1 Å². The lowest BCUT2D eigenvalue weighted by Gasteiger charge is -2.32. The zero-order valence-electron chi connectivity index (χ0n) is 11.0. The van der Waals surface area contributed by atoms with E-state index in [-0.39, 0.29) is 12.3 Å². The first-order valence-electron chi connectivity index (χ1n) is 7.13. The summed E-state index contributed by atoms with van der Waals surface area (Å²) in [5.74, 6) is -0.672. The third-order valence-corrected chi connectivity index (χ3v) is 4.74. The molecule has 2 aliphatic carbocycles. The molecule has 112 valence electrons. The van der Waals surface area contributed by atoms with Gasteiger partial charge in [0.15, 0.2) is 0 Å². The van der Waals surface area contributed by atoms with Crippen LogP contribution in [0.1, 0.15) is 67.4 Å². The van der Waals surface area contributed by atoms with Gasteiger partial charge in [0.25, 0.3) is 0 Å². The average molecular weight is 308 g/mol. The number of alkyl halides is 4. The molecule has 2 saturated carbocycles. The van der Waals surface area contributed by atoms with Crippen LogP contribution in [0.4, 0.5) is 13.2 Å².